The number of alkyl halides is 3. The van der Waals surface area contributed by atoms with Crippen LogP contribution in [0.4, 0.5) is 19.1 Å². The Bertz CT molecular complexity index is 1260. The molecule has 0 aliphatic heterocycles. The van der Waals surface area contributed by atoms with Crippen LogP contribution in [0.5, 0.6) is 0 Å². The molecule has 8 nitrogen and oxygen atoms in total. The second-order valence-electron chi connectivity index (χ2n) is 7.37. The first-order valence-electron chi connectivity index (χ1n) is 9.70. The largest absolute Gasteiger partial charge is 0.416 e. The minimum Gasteiger partial charge on any atom is -0.303 e. The van der Waals surface area contributed by atoms with Gasteiger partial charge in [0.05, 0.1) is 18.0 Å². The predicted molar refractivity (Wildman–Crippen MR) is 109 cm³/mol. The van der Waals surface area contributed by atoms with Crippen molar-refractivity contribution in [3.63, 3.8) is 0 Å². The molecule has 0 radical (unpaired) electrons. The number of anilines is 1. The smallest absolute Gasteiger partial charge is 0.303 e. The van der Waals surface area contributed by atoms with Crippen molar-refractivity contribution in [1.82, 2.24) is 19.1 Å². The number of fused-ring (bicyclic) bond motifs is 1. The fraction of sp³-hybridized carbons (Fsp3) is 0.350. The van der Waals surface area contributed by atoms with Gasteiger partial charge in [-0.3, -0.25) is 14.2 Å². The summed E-state index contributed by atoms with van der Waals surface area (Å²) >= 11 is 0. The Kier molecular flexibility index (Phi) is 5.34. The van der Waals surface area contributed by atoms with Gasteiger partial charge in [-0.1, -0.05) is 25.0 Å². The number of hydrogen-bond acceptors (Lipinski definition) is 6. The summed E-state index contributed by atoms with van der Waals surface area (Å²) in [6, 6.07) is 4.43. The first-order chi connectivity index (χ1) is 14.8. The summed E-state index contributed by atoms with van der Waals surface area (Å²) in [5, 5.41) is 3.96. The lowest BCUT2D eigenvalue weighted by Crippen LogP contribution is -2.42. The van der Waals surface area contributed by atoms with Gasteiger partial charge in [-0.2, -0.15) is 23.3 Å². The minimum atomic E-state index is -4.40. The van der Waals surface area contributed by atoms with E-state index >= 15 is 0 Å². The fourth-order valence-electron chi connectivity index (χ4n) is 3.71. The normalized spacial score (nSPS) is 15.2. The number of nitrogens with one attached hydrogen (secondary N) is 1. The highest BCUT2D eigenvalue weighted by atomic mass is 19.4. The van der Waals surface area contributed by atoms with Crippen molar-refractivity contribution in [3.05, 3.63) is 62.3 Å². The lowest BCUT2D eigenvalue weighted by Gasteiger charge is -2.17. The maximum Gasteiger partial charge on any atom is 0.416 e. The number of aryl methyl sites for hydroxylation is 1. The van der Waals surface area contributed by atoms with Crippen molar-refractivity contribution in [2.45, 2.75) is 37.9 Å². The van der Waals surface area contributed by atoms with Crippen LogP contribution in [0.15, 0.2) is 45.2 Å². The van der Waals surface area contributed by atoms with E-state index in [4.69, 9.17) is 0 Å². The highest BCUT2D eigenvalue weighted by molar-refractivity contribution is 5.80. The number of nitrogens with zero attached hydrogens (tertiary/aromatic N) is 5. The molecule has 3 aromatic rings. The van der Waals surface area contributed by atoms with Crippen molar-refractivity contribution in [2.75, 3.05) is 5.43 Å². The summed E-state index contributed by atoms with van der Waals surface area (Å²) in [6.45, 7) is 0. The van der Waals surface area contributed by atoms with E-state index in [2.05, 4.69) is 20.5 Å². The Morgan fingerprint density at radius 2 is 1.81 bits per heavy atom. The SMILES string of the molecule is Cn1c(=O)c(=O)n(C2CCCC2)c2nc(NN=Cc3ccc(C(F)(F)F)cc3)ncc21. The van der Waals surface area contributed by atoms with Gasteiger partial charge >= 0.3 is 17.3 Å². The van der Waals surface area contributed by atoms with Crippen LogP contribution >= 0.6 is 0 Å². The van der Waals surface area contributed by atoms with Crippen LogP contribution in [0.2, 0.25) is 0 Å². The fourth-order valence-corrected chi connectivity index (χ4v) is 3.71. The average Bonchev–Trinajstić information content (AvgIpc) is 3.26. The third-order valence-corrected chi connectivity index (χ3v) is 5.35. The quantitative estimate of drug-likeness (QED) is 0.389. The van der Waals surface area contributed by atoms with Gasteiger partial charge in [-0.05, 0) is 30.5 Å². The van der Waals surface area contributed by atoms with Gasteiger partial charge in [0, 0.05) is 13.1 Å². The number of halogens is 3. The summed E-state index contributed by atoms with van der Waals surface area (Å²) in [4.78, 5) is 33.5. The molecule has 1 N–H and O–H groups in total. The highest BCUT2D eigenvalue weighted by Gasteiger charge is 2.29. The van der Waals surface area contributed by atoms with E-state index in [0.717, 1.165) is 37.8 Å². The van der Waals surface area contributed by atoms with Crippen LogP contribution in [0, 0.1) is 0 Å². The van der Waals surface area contributed by atoms with Crippen LogP contribution < -0.4 is 16.5 Å². The van der Waals surface area contributed by atoms with E-state index in [-0.39, 0.29) is 12.0 Å². The summed E-state index contributed by atoms with van der Waals surface area (Å²) in [5.41, 5.74) is 1.83. The average molecular weight is 432 g/mol. The van der Waals surface area contributed by atoms with E-state index in [0.29, 0.717) is 16.7 Å². The van der Waals surface area contributed by atoms with Gasteiger partial charge in [0.2, 0.25) is 5.95 Å². The molecule has 1 aromatic carbocycles. The summed E-state index contributed by atoms with van der Waals surface area (Å²) in [5.74, 6) is 0.0976. The molecule has 2 aromatic heterocycles. The first kappa shape index (κ1) is 20.8. The molecular weight excluding hydrogens is 413 g/mol. The van der Waals surface area contributed by atoms with E-state index < -0.39 is 22.9 Å². The van der Waals surface area contributed by atoms with Crippen molar-refractivity contribution in [1.29, 1.82) is 0 Å². The van der Waals surface area contributed by atoms with Gasteiger partial charge in [-0.25, -0.2) is 10.4 Å². The van der Waals surface area contributed by atoms with Crippen molar-refractivity contribution in [2.24, 2.45) is 12.1 Å². The molecule has 0 amide bonds. The molecule has 0 bridgehead atoms. The van der Waals surface area contributed by atoms with Gasteiger partial charge < -0.3 is 4.57 Å². The monoisotopic (exact) mass is 432 g/mol. The topological polar surface area (TPSA) is 94.2 Å². The molecule has 4 rings (SSSR count). The molecule has 0 unspecified atom stereocenters. The van der Waals surface area contributed by atoms with E-state index in [9.17, 15) is 22.8 Å². The predicted octanol–water partition coefficient (Wildman–Crippen LogP) is 3.07. The summed E-state index contributed by atoms with van der Waals surface area (Å²) in [6.07, 6.45) is 1.90. The third-order valence-electron chi connectivity index (χ3n) is 5.35. The van der Waals surface area contributed by atoms with Crippen molar-refractivity contribution < 1.29 is 13.2 Å². The van der Waals surface area contributed by atoms with Crippen molar-refractivity contribution in [3.8, 4) is 0 Å². The Labute approximate surface area is 174 Å². The minimum absolute atomic E-state index is 0.0951. The highest BCUT2D eigenvalue weighted by Crippen LogP contribution is 2.30. The molecule has 1 aliphatic carbocycles. The molecule has 0 spiro atoms. The Morgan fingerprint density at radius 1 is 1.13 bits per heavy atom. The zero-order valence-corrected chi connectivity index (χ0v) is 16.6. The van der Waals surface area contributed by atoms with Crippen LogP contribution in [0.25, 0.3) is 11.2 Å². The summed E-state index contributed by atoms with van der Waals surface area (Å²) in [7, 11) is 1.49. The van der Waals surface area contributed by atoms with Gasteiger partial charge in [-0.15, -0.1) is 0 Å². The zero-order valence-electron chi connectivity index (χ0n) is 16.6. The van der Waals surface area contributed by atoms with Crippen LogP contribution in [-0.2, 0) is 13.2 Å². The molecule has 31 heavy (non-hydrogen) atoms. The van der Waals surface area contributed by atoms with Crippen LogP contribution in [0.1, 0.15) is 42.9 Å². The number of hydrazone groups is 1. The van der Waals surface area contributed by atoms with E-state index in [1.54, 1.807) is 0 Å². The molecule has 1 fully saturated rings. The first-order valence-corrected chi connectivity index (χ1v) is 9.70. The molecular formula is C20H19F3N6O2. The number of rotatable bonds is 4. The molecule has 2 heterocycles. The third kappa shape index (κ3) is 4.07. The molecule has 0 atom stereocenters. The maximum atomic E-state index is 12.6. The van der Waals surface area contributed by atoms with Gasteiger partial charge in [0.1, 0.15) is 5.52 Å². The standard InChI is InChI=1S/C20H19F3N6O2/c1-28-15-11-24-19(27-25-10-12-6-8-13(9-7-12)20(21,22)23)26-16(15)29(18(31)17(28)30)14-4-2-3-5-14/h6-11,14H,2-5H2,1H3,(H,24,26,27). The van der Waals surface area contributed by atoms with Crippen LogP contribution in [0.3, 0.4) is 0 Å². The number of benzene rings is 1. The van der Waals surface area contributed by atoms with Gasteiger partial charge in [0.15, 0.2) is 5.65 Å². The maximum absolute atomic E-state index is 12.6. The molecule has 0 saturated heterocycles. The zero-order chi connectivity index (χ0) is 22.2. The van der Waals surface area contributed by atoms with E-state index in [1.807, 2.05) is 0 Å². The molecule has 162 valence electrons. The number of aromatic nitrogens is 4. The lowest BCUT2D eigenvalue weighted by atomic mass is 10.1. The number of hydrogen-bond donors (Lipinski definition) is 1. The van der Waals surface area contributed by atoms with E-state index in [1.165, 1.54) is 40.7 Å². The molecule has 1 saturated carbocycles. The Hall–Kier alpha value is -3.50. The van der Waals surface area contributed by atoms with Crippen LogP contribution in [-0.4, -0.2) is 25.3 Å². The second-order valence-corrected chi connectivity index (χ2v) is 7.37. The second kappa shape index (κ2) is 7.97. The van der Waals surface area contributed by atoms with Gasteiger partial charge in [0.25, 0.3) is 0 Å². The lowest BCUT2D eigenvalue weighted by molar-refractivity contribution is -0.137. The summed E-state index contributed by atoms with van der Waals surface area (Å²) < 4.78 is 40.6. The molecule has 1 aliphatic rings. The Morgan fingerprint density at radius 3 is 2.45 bits per heavy atom. The van der Waals surface area contributed by atoms with Crippen molar-refractivity contribution >= 4 is 23.3 Å². The Balaban J connectivity index is 1.64. The molecule has 11 heteroatoms.